The van der Waals surface area contributed by atoms with E-state index in [9.17, 15) is 0 Å². The second kappa shape index (κ2) is 5.26. The van der Waals surface area contributed by atoms with Gasteiger partial charge >= 0.3 is 0 Å². The van der Waals surface area contributed by atoms with Crippen molar-refractivity contribution in [1.82, 2.24) is 15.5 Å². The summed E-state index contributed by atoms with van der Waals surface area (Å²) in [6.45, 7) is 3.21. The van der Waals surface area contributed by atoms with Gasteiger partial charge in [-0.05, 0) is 25.7 Å². The van der Waals surface area contributed by atoms with Crippen molar-refractivity contribution in [2.24, 2.45) is 5.92 Å². The van der Waals surface area contributed by atoms with E-state index < -0.39 is 0 Å². The SMILES string of the molecule is CC(NCCc1ncno1)C1CCCC1. The lowest BCUT2D eigenvalue weighted by molar-refractivity contribution is 0.353. The molecule has 1 aromatic rings. The van der Waals surface area contributed by atoms with Gasteiger partial charge in [-0.2, -0.15) is 4.98 Å². The predicted octanol–water partition coefficient (Wildman–Crippen LogP) is 1.78. The molecule has 84 valence electrons. The quantitative estimate of drug-likeness (QED) is 0.803. The minimum Gasteiger partial charge on any atom is -0.340 e. The molecule has 1 heterocycles. The average molecular weight is 209 g/mol. The highest BCUT2D eigenvalue weighted by atomic mass is 16.5. The molecule has 1 aliphatic rings. The molecule has 1 atom stereocenters. The zero-order valence-corrected chi connectivity index (χ0v) is 9.28. The summed E-state index contributed by atoms with van der Waals surface area (Å²) in [4.78, 5) is 3.99. The first-order chi connectivity index (χ1) is 7.36. The van der Waals surface area contributed by atoms with Crippen molar-refractivity contribution < 1.29 is 4.52 Å². The van der Waals surface area contributed by atoms with E-state index >= 15 is 0 Å². The fourth-order valence-corrected chi connectivity index (χ4v) is 2.34. The number of hydrogen-bond acceptors (Lipinski definition) is 4. The number of aromatic nitrogens is 2. The second-order valence-corrected chi connectivity index (χ2v) is 4.37. The maximum absolute atomic E-state index is 4.94. The van der Waals surface area contributed by atoms with Crippen LogP contribution in [-0.2, 0) is 6.42 Å². The zero-order chi connectivity index (χ0) is 10.5. The van der Waals surface area contributed by atoms with Gasteiger partial charge < -0.3 is 9.84 Å². The minimum absolute atomic E-state index is 0.621. The highest BCUT2D eigenvalue weighted by Crippen LogP contribution is 2.27. The number of hydrogen-bond donors (Lipinski definition) is 1. The topological polar surface area (TPSA) is 51.0 Å². The molecule has 0 amide bonds. The molecule has 1 aliphatic carbocycles. The Morgan fingerprint density at radius 1 is 1.53 bits per heavy atom. The molecule has 1 fully saturated rings. The molecule has 0 saturated heterocycles. The molecule has 1 aromatic heterocycles. The normalized spacial score (nSPS) is 19.5. The Bertz CT molecular complexity index is 267. The van der Waals surface area contributed by atoms with Crippen molar-refractivity contribution in [3.05, 3.63) is 12.2 Å². The molecule has 2 rings (SSSR count). The first kappa shape index (κ1) is 10.6. The van der Waals surface area contributed by atoms with Crippen LogP contribution in [0.2, 0.25) is 0 Å². The zero-order valence-electron chi connectivity index (χ0n) is 9.28. The summed E-state index contributed by atoms with van der Waals surface area (Å²) in [7, 11) is 0. The van der Waals surface area contributed by atoms with Crippen LogP contribution in [0.15, 0.2) is 10.9 Å². The summed E-state index contributed by atoms with van der Waals surface area (Å²) in [6.07, 6.45) is 7.86. The van der Waals surface area contributed by atoms with Gasteiger partial charge in [0.15, 0.2) is 6.33 Å². The Kier molecular flexibility index (Phi) is 3.72. The van der Waals surface area contributed by atoms with Crippen LogP contribution in [0.5, 0.6) is 0 Å². The highest BCUT2D eigenvalue weighted by Gasteiger charge is 2.20. The number of nitrogens with zero attached hydrogens (tertiary/aromatic N) is 2. The molecule has 0 radical (unpaired) electrons. The van der Waals surface area contributed by atoms with Crippen LogP contribution in [-0.4, -0.2) is 22.7 Å². The molecule has 1 saturated carbocycles. The molecule has 4 nitrogen and oxygen atoms in total. The Morgan fingerprint density at radius 2 is 2.33 bits per heavy atom. The Balaban J connectivity index is 1.64. The molecule has 4 heteroatoms. The van der Waals surface area contributed by atoms with Gasteiger partial charge in [0.1, 0.15) is 0 Å². The van der Waals surface area contributed by atoms with Crippen molar-refractivity contribution in [2.45, 2.75) is 45.1 Å². The smallest absolute Gasteiger partial charge is 0.227 e. The van der Waals surface area contributed by atoms with Crippen molar-refractivity contribution in [3.63, 3.8) is 0 Å². The third kappa shape index (κ3) is 3.02. The van der Waals surface area contributed by atoms with Gasteiger partial charge in [-0.15, -0.1) is 0 Å². The first-order valence-corrected chi connectivity index (χ1v) is 5.85. The lowest BCUT2D eigenvalue weighted by Crippen LogP contribution is -2.33. The lowest BCUT2D eigenvalue weighted by Gasteiger charge is -2.19. The summed E-state index contributed by atoms with van der Waals surface area (Å²) >= 11 is 0. The van der Waals surface area contributed by atoms with E-state index in [0.717, 1.165) is 24.8 Å². The molecular weight excluding hydrogens is 190 g/mol. The molecule has 1 unspecified atom stereocenters. The summed E-state index contributed by atoms with van der Waals surface area (Å²) in [5.74, 6) is 1.59. The summed E-state index contributed by atoms with van der Waals surface area (Å²) in [5, 5.41) is 7.12. The van der Waals surface area contributed by atoms with Gasteiger partial charge in [-0.3, -0.25) is 0 Å². The summed E-state index contributed by atoms with van der Waals surface area (Å²) < 4.78 is 4.94. The van der Waals surface area contributed by atoms with E-state index in [1.165, 1.54) is 32.0 Å². The van der Waals surface area contributed by atoms with Crippen LogP contribution >= 0.6 is 0 Å². The van der Waals surface area contributed by atoms with E-state index in [1.807, 2.05) is 0 Å². The number of rotatable bonds is 5. The third-order valence-electron chi connectivity index (χ3n) is 3.32. The van der Waals surface area contributed by atoms with Crippen molar-refractivity contribution in [1.29, 1.82) is 0 Å². The van der Waals surface area contributed by atoms with Crippen molar-refractivity contribution in [2.75, 3.05) is 6.54 Å². The fourth-order valence-electron chi connectivity index (χ4n) is 2.34. The van der Waals surface area contributed by atoms with Crippen molar-refractivity contribution >= 4 is 0 Å². The Labute approximate surface area is 90.4 Å². The maximum atomic E-state index is 4.94. The van der Waals surface area contributed by atoms with Gasteiger partial charge in [0.25, 0.3) is 0 Å². The molecule has 0 aliphatic heterocycles. The van der Waals surface area contributed by atoms with E-state index in [0.29, 0.717) is 6.04 Å². The molecule has 0 aromatic carbocycles. The lowest BCUT2D eigenvalue weighted by atomic mass is 10.00. The standard InChI is InChI=1S/C11H19N3O/c1-9(10-4-2-3-5-10)12-7-6-11-13-8-14-15-11/h8-10,12H,2-7H2,1H3. The van der Waals surface area contributed by atoms with E-state index in [2.05, 4.69) is 22.4 Å². The van der Waals surface area contributed by atoms with E-state index in [4.69, 9.17) is 4.52 Å². The van der Waals surface area contributed by atoms with Crippen LogP contribution in [0.1, 0.15) is 38.5 Å². The number of nitrogens with one attached hydrogen (secondary N) is 1. The second-order valence-electron chi connectivity index (χ2n) is 4.37. The van der Waals surface area contributed by atoms with Gasteiger partial charge in [0.05, 0.1) is 0 Å². The predicted molar refractivity (Wildman–Crippen MR) is 57.4 cm³/mol. The largest absolute Gasteiger partial charge is 0.340 e. The van der Waals surface area contributed by atoms with Gasteiger partial charge in [0, 0.05) is 19.0 Å². The van der Waals surface area contributed by atoms with Crippen LogP contribution in [0.3, 0.4) is 0 Å². The third-order valence-corrected chi connectivity index (χ3v) is 3.32. The molecule has 1 N–H and O–H groups in total. The molecule has 15 heavy (non-hydrogen) atoms. The van der Waals surface area contributed by atoms with Gasteiger partial charge in [-0.25, -0.2) is 0 Å². The summed E-state index contributed by atoms with van der Waals surface area (Å²) in [6, 6.07) is 0.621. The molecular formula is C11H19N3O. The average Bonchev–Trinajstić information content (AvgIpc) is 2.90. The molecule has 0 spiro atoms. The fraction of sp³-hybridized carbons (Fsp3) is 0.818. The van der Waals surface area contributed by atoms with E-state index in [1.54, 1.807) is 0 Å². The van der Waals surface area contributed by atoms with Crippen LogP contribution in [0.25, 0.3) is 0 Å². The van der Waals surface area contributed by atoms with Crippen molar-refractivity contribution in [3.8, 4) is 0 Å². The summed E-state index contributed by atoms with van der Waals surface area (Å²) in [5.41, 5.74) is 0. The minimum atomic E-state index is 0.621. The van der Waals surface area contributed by atoms with E-state index in [-0.39, 0.29) is 0 Å². The first-order valence-electron chi connectivity index (χ1n) is 5.85. The van der Waals surface area contributed by atoms with Crippen LogP contribution in [0, 0.1) is 5.92 Å². The highest BCUT2D eigenvalue weighted by molar-refractivity contribution is 4.80. The molecule has 0 bridgehead atoms. The Hall–Kier alpha value is -0.900. The van der Waals surface area contributed by atoms with Crippen LogP contribution in [0.4, 0.5) is 0 Å². The van der Waals surface area contributed by atoms with Crippen LogP contribution < -0.4 is 5.32 Å². The Morgan fingerprint density at radius 3 is 3.00 bits per heavy atom. The van der Waals surface area contributed by atoms with Gasteiger partial charge in [-0.1, -0.05) is 18.0 Å². The monoisotopic (exact) mass is 209 g/mol. The maximum Gasteiger partial charge on any atom is 0.227 e. The van der Waals surface area contributed by atoms with Gasteiger partial charge in [0.2, 0.25) is 5.89 Å².